The molecule has 8 nitrogen and oxygen atoms in total. The van der Waals surface area contributed by atoms with E-state index in [2.05, 4.69) is 0 Å². The second-order valence-electron chi connectivity index (χ2n) is 8.32. The number of hydrogen-bond acceptors (Lipinski definition) is 6. The third-order valence-electron chi connectivity index (χ3n) is 6.03. The molecule has 8 heteroatoms. The van der Waals surface area contributed by atoms with Gasteiger partial charge in [0.2, 0.25) is 11.7 Å². The van der Waals surface area contributed by atoms with Crippen molar-refractivity contribution in [3.63, 3.8) is 0 Å². The van der Waals surface area contributed by atoms with Crippen molar-refractivity contribution < 1.29 is 24.0 Å². The van der Waals surface area contributed by atoms with Gasteiger partial charge in [0.25, 0.3) is 5.69 Å². The fourth-order valence-corrected chi connectivity index (χ4v) is 4.07. The number of non-ortho nitro benzene ring substituents is 1. The van der Waals surface area contributed by atoms with Gasteiger partial charge in [-0.3, -0.25) is 24.5 Å². The van der Waals surface area contributed by atoms with Crippen molar-refractivity contribution in [2.75, 3.05) is 11.4 Å². The van der Waals surface area contributed by atoms with Crippen LogP contribution >= 0.6 is 0 Å². The monoisotopic (exact) mass is 472 g/mol. The maximum atomic E-state index is 12.8. The summed E-state index contributed by atoms with van der Waals surface area (Å²) in [7, 11) is 0. The average Bonchev–Trinajstić information content (AvgIpc) is 3.29. The zero-order valence-electron chi connectivity index (χ0n) is 19.1. The SMILES string of the molecule is CC[C@H](OC(=O)[C@@H]1CC(=O)N(c2ccc(-c3ccc([N+](=O)[O-])cc3)cc2)C1)C(=O)c1ccccc1. The lowest BCUT2D eigenvalue weighted by Crippen LogP contribution is -2.31. The summed E-state index contributed by atoms with van der Waals surface area (Å²) in [6, 6.07) is 22.1. The van der Waals surface area contributed by atoms with Gasteiger partial charge in [0.05, 0.1) is 10.8 Å². The van der Waals surface area contributed by atoms with Crippen LogP contribution < -0.4 is 4.90 Å². The van der Waals surface area contributed by atoms with Crippen LogP contribution in [0.25, 0.3) is 11.1 Å². The molecule has 0 saturated carbocycles. The topological polar surface area (TPSA) is 107 Å². The Bertz CT molecular complexity index is 1240. The summed E-state index contributed by atoms with van der Waals surface area (Å²) in [5.41, 5.74) is 2.79. The first-order valence-corrected chi connectivity index (χ1v) is 11.3. The number of ketones is 1. The van der Waals surface area contributed by atoms with Crippen LogP contribution in [0.3, 0.4) is 0 Å². The summed E-state index contributed by atoms with van der Waals surface area (Å²) in [5, 5.41) is 10.8. The first kappa shape index (κ1) is 23.8. The number of rotatable bonds is 8. The lowest BCUT2D eigenvalue weighted by molar-refractivity contribution is -0.384. The molecular weight excluding hydrogens is 448 g/mol. The van der Waals surface area contributed by atoms with Gasteiger partial charge in [-0.15, -0.1) is 0 Å². The Balaban J connectivity index is 1.41. The smallest absolute Gasteiger partial charge is 0.312 e. The predicted octanol–water partition coefficient (Wildman–Crippen LogP) is 4.82. The summed E-state index contributed by atoms with van der Waals surface area (Å²) in [6.45, 7) is 1.95. The number of anilines is 1. The summed E-state index contributed by atoms with van der Waals surface area (Å²) in [6.07, 6.45) is -0.539. The van der Waals surface area contributed by atoms with E-state index in [-0.39, 0.29) is 30.3 Å². The standard InChI is InChI=1S/C27H24N2O6/c1-2-24(26(31)20-6-4-3-5-7-20)35-27(32)21-16-25(30)28(17-21)22-12-8-18(9-13-22)19-10-14-23(15-11-19)29(33)34/h3-15,21,24H,2,16-17H2,1H3/t21-,24+/m1/s1. The molecular formula is C27H24N2O6. The summed E-state index contributed by atoms with van der Waals surface area (Å²) < 4.78 is 5.52. The fraction of sp³-hybridized carbons (Fsp3) is 0.222. The molecule has 1 fully saturated rings. The lowest BCUT2D eigenvalue weighted by Gasteiger charge is -2.19. The number of benzene rings is 3. The number of ether oxygens (including phenoxy) is 1. The molecule has 35 heavy (non-hydrogen) atoms. The molecule has 0 N–H and O–H groups in total. The van der Waals surface area contributed by atoms with Gasteiger partial charge in [0.15, 0.2) is 6.10 Å². The number of nitrogens with zero attached hydrogens (tertiary/aromatic N) is 2. The Labute approximate surface area is 202 Å². The van der Waals surface area contributed by atoms with Gasteiger partial charge < -0.3 is 9.64 Å². The van der Waals surface area contributed by atoms with Crippen molar-refractivity contribution in [3.8, 4) is 11.1 Å². The largest absolute Gasteiger partial charge is 0.454 e. The molecule has 178 valence electrons. The van der Waals surface area contributed by atoms with Crippen molar-refractivity contribution in [1.82, 2.24) is 0 Å². The molecule has 3 aromatic carbocycles. The number of nitro groups is 1. The van der Waals surface area contributed by atoms with Crippen LogP contribution in [0.5, 0.6) is 0 Å². The molecule has 1 aliphatic rings. The van der Waals surface area contributed by atoms with Gasteiger partial charge in [0, 0.05) is 36.3 Å². The summed E-state index contributed by atoms with van der Waals surface area (Å²) in [5.74, 6) is -1.67. The minimum Gasteiger partial charge on any atom is -0.454 e. The zero-order valence-corrected chi connectivity index (χ0v) is 19.1. The minimum absolute atomic E-state index is 0.0128. The molecule has 0 aliphatic carbocycles. The number of nitro benzene ring substituents is 1. The fourth-order valence-electron chi connectivity index (χ4n) is 4.07. The molecule has 0 unspecified atom stereocenters. The number of amides is 1. The van der Waals surface area contributed by atoms with Crippen molar-refractivity contribution >= 4 is 29.0 Å². The Kier molecular flexibility index (Phi) is 7.01. The zero-order chi connectivity index (χ0) is 24.9. The molecule has 0 spiro atoms. The number of hydrogen-bond donors (Lipinski definition) is 0. The van der Waals surface area contributed by atoms with E-state index in [1.165, 1.54) is 17.0 Å². The van der Waals surface area contributed by atoms with E-state index in [1.54, 1.807) is 61.5 Å². The van der Waals surface area contributed by atoms with Gasteiger partial charge in [0.1, 0.15) is 0 Å². The van der Waals surface area contributed by atoms with Crippen LogP contribution in [0.4, 0.5) is 11.4 Å². The highest BCUT2D eigenvalue weighted by atomic mass is 16.6. The molecule has 1 aliphatic heterocycles. The number of esters is 1. The van der Waals surface area contributed by atoms with Crippen molar-refractivity contribution in [3.05, 3.63) is 94.5 Å². The van der Waals surface area contributed by atoms with Crippen LogP contribution in [0, 0.1) is 16.0 Å². The summed E-state index contributed by atoms with van der Waals surface area (Å²) >= 11 is 0. The first-order chi connectivity index (χ1) is 16.9. The summed E-state index contributed by atoms with van der Waals surface area (Å²) in [4.78, 5) is 50.0. The van der Waals surface area contributed by atoms with Crippen LogP contribution in [-0.4, -0.2) is 35.2 Å². The highest BCUT2D eigenvalue weighted by Gasteiger charge is 2.37. The Morgan fingerprint density at radius 1 is 1.00 bits per heavy atom. The number of carbonyl (C=O) groups excluding carboxylic acids is 3. The van der Waals surface area contributed by atoms with Gasteiger partial charge in [-0.25, -0.2) is 0 Å². The van der Waals surface area contributed by atoms with Crippen LogP contribution in [0.2, 0.25) is 0 Å². The molecule has 2 atom stereocenters. The molecule has 4 rings (SSSR count). The van der Waals surface area contributed by atoms with Crippen LogP contribution in [0.1, 0.15) is 30.1 Å². The van der Waals surface area contributed by atoms with Crippen molar-refractivity contribution in [1.29, 1.82) is 0 Å². The third kappa shape index (κ3) is 5.27. The normalized spacial score (nSPS) is 16.1. The maximum Gasteiger partial charge on any atom is 0.312 e. The second-order valence-corrected chi connectivity index (χ2v) is 8.32. The van der Waals surface area contributed by atoms with E-state index in [0.29, 0.717) is 17.7 Å². The Morgan fingerprint density at radius 2 is 1.60 bits per heavy atom. The number of carbonyl (C=O) groups is 3. The van der Waals surface area contributed by atoms with Crippen molar-refractivity contribution in [2.45, 2.75) is 25.9 Å². The van der Waals surface area contributed by atoms with E-state index in [1.807, 2.05) is 12.1 Å². The lowest BCUT2D eigenvalue weighted by atomic mass is 10.0. The molecule has 3 aromatic rings. The first-order valence-electron chi connectivity index (χ1n) is 11.3. The van der Waals surface area contributed by atoms with E-state index < -0.39 is 22.9 Å². The second kappa shape index (κ2) is 10.3. The van der Waals surface area contributed by atoms with Crippen molar-refractivity contribution in [2.24, 2.45) is 5.92 Å². The Hall–Kier alpha value is -4.33. The van der Waals surface area contributed by atoms with E-state index >= 15 is 0 Å². The molecule has 0 aromatic heterocycles. The third-order valence-corrected chi connectivity index (χ3v) is 6.03. The number of Topliss-reactive ketones (excluding diaryl/α,β-unsaturated/α-hetero) is 1. The maximum absolute atomic E-state index is 12.8. The predicted molar refractivity (Wildman–Crippen MR) is 130 cm³/mol. The molecule has 1 amide bonds. The van der Waals surface area contributed by atoms with Gasteiger partial charge >= 0.3 is 5.97 Å². The Morgan fingerprint density at radius 3 is 2.17 bits per heavy atom. The molecule has 0 bridgehead atoms. The quantitative estimate of drug-likeness (QED) is 0.201. The van der Waals surface area contributed by atoms with Gasteiger partial charge in [-0.1, -0.05) is 49.4 Å². The van der Waals surface area contributed by atoms with Gasteiger partial charge in [-0.05, 0) is 41.8 Å². The highest BCUT2D eigenvalue weighted by Crippen LogP contribution is 2.29. The minimum atomic E-state index is -0.893. The van der Waals surface area contributed by atoms with Gasteiger partial charge in [-0.2, -0.15) is 0 Å². The van der Waals surface area contributed by atoms with Crippen LogP contribution in [0.15, 0.2) is 78.9 Å². The highest BCUT2D eigenvalue weighted by molar-refractivity contribution is 6.02. The van der Waals surface area contributed by atoms with Crippen LogP contribution in [-0.2, 0) is 14.3 Å². The molecule has 1 heterocycles. The molecule has 0 radical (unpaired) electrons. The van der Waals surface area contributed by atoms with E-state index in [4.69, 9.17) is 4.74 Å². The average molecular weight is 472 g/mol. The molecule has 1 saturated heterocycles. The van der Waals surface area contributed by atoms with E-state index in [0.717, 1.165) is 11.1 Å². The van der Waals surface area contributed by atoms with E-state index in [9.17, 15) is 24.5 Å².